The highest BCUT2D eigenvalue weighted by Crippen LogP contribution is 2.11. The Bertz CT molecular complexity index is 278. The van der Waals surface area contributed by atoms with Crippen LogP contribution < -0.4 is 10.5 Å². The number of anilines is 1. The molecule has 1 aromatic rings. The van der Waals surface area contributed by atoms with Crippen LogP contribution in [0.15, 0.2) is 12.1 Å². The van der Waals surface area contributed by atoms with Gasteiger partial charge in [-0.1, -0.05) is 18.5 Å². The van der Waals surface area contributed by atoms with Gasteiger partial charge in [0, 0.05) is 12.5 Å². The van der Waals surface area contributed by atoms with Gasteiger partial charge in [0.15, 0.2) is 0 Å². The lowest BCUT2D eigenvalue weighted by Crippen LogP contribution is -2.35. The molecule has 0 aliphatic rings. The molecule has 5 heteroatoms. The number of aryl methyl sites for hydroxylation is 1. The van der Waals surface area contributed by atoms with Crippen molar-refractivity contribution in [1.29, 1.82) is 0 Å². The van der Waals surface area contributed by atoms with E-state index in [1.807, 2.05) is 6.92 Å². The van der Waals surface area contributed by atoms with Crippen LogP contribution in [0, 0.1) is 5.21 Å². The lowest BCUT2D eigenvalue weighted by atomic mass is 10.3. The van der Waals surface area contributed by atoms with Crippen LogP contribution >= 0.6 is 24.0 Å². The Balaban J connectivity index is 0.00000121. The van der Waals surface area contributed by atoms with Crippen molar-refractivity contribution in [3.63, 3.8) is 0 Å². The Morgan fingerprint density at radius 3 is 2.67 bits per heavy atom. The molecule has 0 unspecified atom stereocenters. The van der Waals surface area contributed by atoms with E-state index < -0.39 is 0 Å². The molecule has 1 aromatic heterocycles. The summed E-state index contributed by atoms with van der Waals surface area (Å²) in [6.07, 6.45) is 0.633. The van der Waals surface area contributed by atoms with E-state index in [4.69, 9.17) is 17.3 Å². The Hall–Kier alpha value is -0.670. The third kappa shape index (κ3) is 2.16. The molecule has 0 atom stereocenters. The minimum Gasteiger partial charge on any atom is -0.710 e. The molecule has 12 heavy (non-hydrogen) atoms. The van der Waals surface area contributed by atoms with Crippen LogP contribution in [0.3, 0.4) is 0 Å². The van der Waals surface area contributed by atoms with E-state index in [1.54, 1.807) is 6.07 Å². The number of nitrogens with zero attached hydrogens (tertiary/aromatic N) is 1. The second kappa shape index (κ2) is 4.38. The van der Waals surface area contributed by atoms with Crippen LogP contribution in [0.4, 0.5) is 5.82 Å². The van der Waals surface area contributed by atoms with E-state index in [0.29, 0.717) is 21.9 Å². The number of nitrogen functional groups attached to an aromatic ring is 1. The summed E-state index contributed by atoms with van der Waals surface area (Å²) in [5, 5.41) is 11.6. The SMILES string of the molecule is CCc1cc(Cl)cc(N)[n+]1[O-].Cl. The predicted octanol–water partition coefficient (Wildman–Crippen LogP) is 1.54. The predicted molar refractivity (Wildman–Crippen MR) is 51.5 cm³/mol. The van der Waals surface area contributed by atoms with Gasteiger partial charge in [0.2, 0.25) is 0 Å². The molecule has 1 rings (SSSR count). The standard InChI is InChI=1S/C7H9ClN2O.ClH/c1-2-6-3-5(8)4-7(9)10(6)11;/h3-4H,2,9H2,1H3;1H. The number of hydrogen-bond acceptors (Lipinski definition) is 2. The molecule has 1 heterocycles. The van der Waals surface area contributed by atoms with Gasteiger partial charge >= 0.3 is 0 Å². The monoisotopic (exact) mass is 208 g/mol. The van der Waals surface area contributed by atoms with Crippen LogP contribution in [0.2, 0.25) is 5.02 Å². The molecule has 0 bridgehead atoms. The van der Waals surface area contributed by atoms with Gasteiger partial charge in [-0.25, -0.2) is 4.73 Å². The van der Waals surface area contributed by atoms with Crippen LogP contribution in [0.5, 0.6) is 0 Å². The first-order valence-corrected chi connectivity index (χ1v) is 3.70. The summed E-state index contributed by atoms with van der Waals surface area (Å²) in [5.74, 6) is 0.148. The van der Waals surface area contributed by atoms with Gasteiger partial charge in [0.05, 0.1) is 5.02 Å². The quantitative estimate of drug-likeness (QED) is 0.563. The van der Waals surface area contributed by atoms with Crippen molar-refractivity contribution in [2.45, 2.75) is 13.3 Å². The van der Waals surface area contributed by atoms with E-state index in [0.717, 1.165) is 0 Å². The van der Waals surface area contributed by atoms with Crippen LogP contribution in [-0.2, 0) is 6.42 Å². The van der Waals surface area contributed by atoms with Crippen molar-refractivity contribution in [2.24, 2.45) is 0 Å². The molecule has 0 radical (unpaired) electrons. The van der Waals surface area contributed by atoms with Gasteiger partial charge < -0.3 is 5.21 Å². The molecule has 0 aromatic carbocycles. The number of halogens is 2. The molecule has 0 spiro atoms. The van der Waals surface area contributed by atoms with E-state index in [2.05, 4.69) is 0 Å². The molecule has 2 N–H and O–H groups in total. The largest absolute Gasteiger partial charge is 0.710 e. The lowest BCUT2D eigenvalue weighted by Gasteiger charge is -2.09. The Labute approximate surface area is 82.1 Å². The summed E-state index contributed by atoms with van der Waals surface area (Å²) in [6, 6.07) is 3.05. The zero-order valence-corrected chi connectivity index (χ0v) is 8.15. The molecular formula is C7H10Cl2N2O. The first kappa shape index (κ1) is 11.3. The Morgan fingerprint density at radius 2 is 2.17 bits per heavy atom. The molecule has 3 nitrogen and oxygen atoms in total. The summed E-state index contributed by atoms with van der Waals surface area (Å²) in [6.45, 7) is 1.87. The van der Waals surface area contributed by atoms with E-state index in [-0.39, 0.29) is 18.2 Å². The van der Waals surface area contributed by atoms with E-state index >= 15 is 0 Å². The van der Waals surface area contributed by atoms with Crippen molar-refractivity contribution in [3.8, 4) is 0 Å². The van der Waals surface area contributed by atoms with Crippen molar-refractivity contribution in [1.82, 2.24) is 0 Å². The van der Waals surface area contributed by atoms with Gasteiger partial charge in [-0.05, 0) is 6.07 Å². The summed E-state index contributed by atoms with van der Waals surface area (Å²) >= 11 is 5.67. The van der Waals surface area contributed by atoms with Crippen LogP contribution in [0.1, 0.15) is 12.6 Å². The molecule has 0 fully saturated rings. The Morgan fingerprint density at radius 1 is 1.58 bits per heavy atom. The molecule has 0 saturated heterocycles. The second-order valence-corrected chi connectivity index (χ2v) is 2.67. The Kier molecular flexibility index (Phi) is 4.13. The van der Waals surface area contributed by atoms with Gasteiger partial charge in [0.25, 0.3) is 5.82 Å². The minimum atomic E-state index is 0. The molecule has 0 aliphatic carbocycles. The minimum absolute atomic E-state index is 0. The first-order chi connectivity index (χ1) is 5.15. The highest BCUT2D eigenvalue weighted by atomic mass is 35.5. The molecule has 0 amide bonds. The van der Waals surface area contributed by atoms with E-state index in [1.165, 1.54) is 6.07 Å². The fourth-order valence-corrected chi connectivity index (χ4v) is 1.11. The zero-order valence-electron chi connectivity index (χ0n) is 6.58. The van der Waals surface area contributed by atoms with Crippen LogP contribution in [0.25, 0.3) is 0 Å². The van der Waals surface area contributed by atoms with Crippen molar-refractivity contribution < 1.29 is 4.73 Å². The van der Waals surface area contributed by atoms with Gasteiger partial charge in [0.1, 0.15) is 5.69 Å². The normalized spacial score (nSPS) is 9.17. The van der Waals surface area contributed by atoms with Crippen molar-refractivity contribution in [3.05, 3.63) is 28.1 Å². The summed E-state index contributed by atoms with van der Waals surface area (Å²) in [5.41, 5.74) is 5.96. The maximum Gasteiger partial charge on any atom is 0.277 e. The third-order valence-electron chi connectivity index (χ3n) is 1.45. The average molecular weight is 209 g/mol. The topological polar surface area (TPSA) is 53.0 Å². The number of aromatic nitrogens is 1. The molecule has 68 valence electrons. The van der Waals surface area contributed by atoms with Gasteiger partial charge in [-0.15, -0.1) is 12.4 Å². The average Bonchev–Trinajstić information content (AvgIpc) is 1.96. The summed E-state index contributed by atoms with van der Waals surface area (Å²) < 4.78 is 0.686. The van der Waals surface area contributed by atoms with Gasteiger partial charge in [-0.3, -0.25) is 5.73 Å². The number of hydrogen-bond donors (Lipinski definition) is 1. The number of nitrogens with two attached hydrogens (primary N) is 1. The summed E-state index contributed by atoms with van der Waals surface area (Å²) in [4.78, 5) is 0. The van der Waals surface area contributed by atoms with Crippen molar-refractivity contribution in [2.75, 3.05) is 5.73 Å². The molecule has 0 saturated carbocycles. The van der Waals surface area contributed by atoms with E-state index in [9.17, 15) is 5.21 Å². The first-order valence-electron chi connectivity index (χ1n) is 3.32. The fraction of sp³-hybridized carbons (Fsp3) is 0.286. The highest BCUT2D eigenvalue weighted by molar-refractivity contribution is 6.30. The molecular weight excluding hydrogens is 199 g/mol. The lowest BCUT2D eigenvalue weighted by molar-refractivity contribution is -0.598. The second-order valence-electron chi connectivity index (χ2n) is 2.24. The number of pyridine rings is 1. The molecule has 0 aliphatic heterocycles. The zero-order chi connectivity index (χ0) is 8.43. The van der Waals surface area contributed by atoms with Crippen LogP contribution in [-0.4, -0.2) is 0 Å². The third-order valence-corrected chi connectivity index (χ3v) is 1.67. The highest BCUT2D eigenvalue weighted by Gasteiger charge is 2.04. The van der Waals surface area contributed by atoms with Crippen molar-refractivity contribution >= 4 is 29.8 Å². The number of rotatable bonds is 1. The van der Waals surface area contributed by atoms with Gasteiger partial charge in [-0.2, -0.15) is 0 Å². The maximum absolute atomic E-state index is 11.1. The smallest absolute Gasteiger partial charge is 0.277 e. The summed E-state index contributed by atoms with van der Waals surface area (Å²) in [7, 11) is 0. The maximum atomic E-state index is 11.1. The fourth-order valence-electron chi connectivity index (χ4n) is 0.871.